The second-order valence-electron chi connectivity index (χ2n) is 19.0. The van der Waals surface area contributed by atoms with Crippen molar-refractivity contribution in [3.05, 3.63) is 186 Å². The fraction of sp³-hybridized carbons (Fsp3) is 0.263. The first-order valence-electron chi connectivity index (χ1n) is 21.8. The van der Waals surface area contributed by atoms with Crippen LogP contribution in [0.15, 0.2) is 158 Å². The summed E-state index contributed by atoms with van der Waals surface area (Å²) in [5.41, 5.74) is 21.1. The molecule has 4 saturated carbocycles. The number of rotatable bonds is 7. The van der Waals surface area contributed by atoms with E-state index in [2.05, 4.69) is 190 Å². The molecule has 0 unspecified atom stereocenters. The lowest BCUT2D eigenvalue weighted by atomic mass is 9.48. The van der Waals surface area contributed by atoms with Crippen molar-refractivity contribution in [3.63, 3.8) is 0 Å². The van der Waals surface area contributed by atoms with Gasteiger partial charge in [0.05, 0.1) is 5.69 Å². The molecule has 0 saturated heterocycles. The highest BCUT2D eigenvalue weighted by molar-refractivity contribution is 5.89. The number of hydrogen-bond donors (Lipinski definition) is 0. The number of hydrogen-bond acceptors (Lipinski definition) is 1. The van der Waals surface area contributed by atoms with Crippen LogP contribution in [0, 0.1) is 31.6 Å². The lowest BCUT2D eigenvalue weighted by Crippen LogP contribution is -2.48. The number of nitrogens with zero attached hydrogens (tertiary/aromatic N) is 1. The van der Waals surface area contributed by atoms with Crippen molar-refractivity contribution in [1.82, 2.24) is 0 Å². The Morgan fingerprint density at radius 1 is 0.431 bits per heavy atom. The van der Waals surface area contributed by atoms with Crippen LogP contribution in [0.1, 0.15) is 80.2 Å². The molecule has 0 aliphatic heterocycles. The predicted molar refractivity (Wildman–Crippen MR) is 244 cm³/mol. The standard InChI is InChI=1S/C57H53N/c1-37-27-47(45-15-20-48(21-16-45)57-34-39-29-40(35-57)31-41(30-39)36-57)28-38(2)55(37)58(49-22-17-44(18-23-49)42-11-7-5-8-12-42)50-24-26-52-51-25-19-46(43-13-9-6-10-14-43)32-53(51)56(3,4)54(52)33-50/h5-28,32-33,39-41H,29-31,34-36H2,1-4H3. The van der Waals surface area contributed by atoms with Crippen LogP contribution in [-0.2, 0) is 10.8 Å². The fourth-order valence-corrected chi connectivity index (χ4v) is 12.5. The Kier molecular flexibility index (Phi) is 8.23. The van der Waals surface area contributed by atoms with Gasteiger partial charge in [-0.15, -0.1) is 0 Å². The Morgan fingerprint density at radius 3 is 1.47 bits per heavy atom. The van der Waals surface area contributed by atoms with Gasteiger partial charge in [-0.05, 0) is 190 Å². The first kappa shape index (κ1) is 35.5. The number of anilines is 3. The van der Waals surface area contributed by atoms with Crippen LogP contribution in [0.5, 0.6) is 0 Å². The lowest BCUT2D eigenvalue weighted by molar-refractivity contribution is -0.00518. The molecule has 0 spiro atoms. The molecule has 0 atom stereocenters. The highest BCUT2D eigenvalue weighted by atomic mass is 15.1. The molecule has 7 aromatic carbocycles. The van der Waals surface area contributed by atoms with Crippen molar-refractivity contribution in [1.29, 1.82) is 0 Å². The summed E-state index contributed by atoms with van der Waals surface area (Å²) < 4.78 is 0. The van der Waals surface area contributed by atoms with Gasteiger partial charge in [0.1, 0.15) is 0 Å². The second-order valence-corrected chi connectivity index (χ2v) is 19.0. The molecule has 0 amide bonds. The van der Waals surface area contributed by atoms with E-state index in [1.165, 1.54) is 117 Å². The van der Waals surface area contributed by atoms with E-state index in [0.29, 0.717) is 5.41 Å². The van der Waals surface area contributed by atoms with Crippen molar-refractivity contribution in [2.45, 2.75) is 77.0 Å². The molecule has 286 valence electrons. The van der Waals surface area contributed by atoms with Crippen LogP contribution in [0.3, 0.4) is 0 Å². The van der Waals surface area contributed by atoms with E-state index < -0.39 is 0 Å². The van der Waals surface area contributed by atoms with Crippen molar-refractivity contribution < 1.29 is 0 Å². The minimum atomic E-state index is -0.148. The topological polar surface area (TPSA) is 3.24 Å². The zero-order valence-corrected chi connectivity index (χ0v) is 34.4. The Bertz CT molecular complexity index is 2610. The van der Waals surface area contributed by atoms with Crippen LogP contribution in [-0.4, -0.2) is 0 Å². The fourth-order valence-electron chi connectivity index (χ4n) is 12.5. The molecule has 12 rings (SSSR count). The molecule has 58 heavy (non-hydrogen) atoms. The van der Waals surface area contributed by atoms with Crippen LogP contribution in [0.2, 0.25) is 0 Å². The number of fused-ring (bicyclic) bond motifs is 3. The molecule has 0 N–H and O–H groups in total. The van der Waals surface area contributed by atoms with E-state index in [9.17, 15) is 0 Å². The average molecular weight is 752 g/mol. The van der Waals surface area contributed by atoms with Gasteiger partial charge in [0.15, 0.2) is 0 Å². The lowest BCUT2D eigenvalue weighted by Gasteiger charge is -2.57. The quantitative estimate of drug-likeness (QED) is 0.157. The van der Waals surface area contributed by atoms with Crippen molar-refractivity contribution in [2.24, 2.45) is 17.8 Å². The van der Waals surface area contributed by atoms with Gasteiger partial charge in [-0.1, -0.05) is 129 Å². The van der Waals surface area contributed by atoms with E-state index in [4.69, 9.17) is 0 Å². The molecule has 4 fully saturated rings. The molecule has 1 nitrogen and oxygen atoms in total. The van der Waals surface area contributed by atoms with E-state index in [0.717, 1.165) is 23.4 Å². The van der Waals surface area contributed by atoms with Crippen molar-refractivity contribution in [2.75, 3.05) is 4.90 Å². The molecule has 7 aromatic rings. The maximum Gasteiger partial charge on any atom is 0.0520 e. The molecule has 0 radical (unpaired) electrons. The molecule has 1 heteroatoms. The summed E-state index contributed by atoms with van der Waals surface area (Å²) in [6.07, 6.45) is 8.70. The normalized spacial score (nSPS) is 22.1. The van der Waals surface area contributed by atoms with Crippen molar-refractivity contribution >= 4 is 17.1 Å². The Labute approximate surface area is 345 Å². The summed E-state index contributed by atoms with van der Waals surface area (Å²) in [5.74, 6) is 2.88. The number of aryl methyl sites for hydroxylation is 2. The van der Waals surface area contributed by atoms with E-state index in [1.54, 1.807) is 5.56 Å². The highest BCUT2D eigenvalue weighted by Gasteiger charge is 2.51. The third kappa shape index (κ3) is 5.80. The van der Waals surface area contributed by atoms with Crippen LogP contribution >= 0.6 is 0 Å². The van der Waals surface area contributed by atoms with Crippen LogP contribution < -0.4 is 4.90 Å². The SMILES string of the molecule is Cc1cc(-c2ccc(C34CC5CC(CC(C5)C3)C4)cc2)cc(C)c1N(c1ccc(-c2ccccc2)cc1)c1ccc2c(c1)C(C)(C)c1cc(-c3ccccc3)ccc1-2. The van der Waals surface area contributed by atoms with Gasteiger partial charge >= 0.3 is 0 Å². The molecule has 0 aromatic heterocycles. The van der Waals surface area contributed by atoms with Gasteiger partial charge in [-0.3, -0.25) is 0 Å². The van der Waals surface area contributed by atoms with Gasteiger partial charge in [0.25, 0.3) is 0 Å². The van der Waals surface area contributed by atoms with Crippen LogP contribution in [0.25, 0.3) is 44.5 Å². The maximum atomic E-state index is 2.51. The summed E-state index contributed by atoms with van der Waals surface area (Å²) in [7, 11) is 0. The molecule has 4 bridgehead atoms. The maximum absolute atomic E-state index is 2.51. The van der Waals surface area contributed by atoms with Crippen LogP contribution in [0.4, 0.5) is 17.1 Å². The Morgan fingerprint density at radius 2 is 0.879 bits per heavy atom. The van der Waals surface area contributed by atoms with E-state index in [1.807, 2.05) is 0 Å². The Balaban J connectivity index is 0.979. The minimum Gasteiger partial charge on any atom is -0.310 e. The third-order valence-electron chi connectivity index (χ3n) is 14.8. The van der Waals surface area contributed by atoms with E-state index in [-0.39, 0.29) is 5.41 Å². The average Bonchev–Trinajstić information content (AvgIpc) is 3.47. The summed E-state index contributed by atoms with van der Waals surface area (Å²) >= 11 is 0. The smallest absolute Gasteiger partial charge is 0.0520 e. The first-order chi connectivity index (χ1) is 28.2. The second kappa shape index (κ2) is 13.5. The molecular weight excluding hydrogens is 699 g/mol. The monoisotopic (exact) mass is 751 g/mol. The predicted octanol–water partition coefficient (Wildman–Crippen LogP) is 15.5. The first-order valence-corrected chi connectivity index (χ1v) is 21.8. The third-order valence-corrected chi connectivity index (χ3v) is 14.8. The molecular formula is C57H53N. The summed E-state index contributed by atoms with van der Waals surface area (Å²) in [6, 6.07) is 59.6. The van der Waals surface area contributed by atoms with E-state index >= 15 is 0 Å². The van der Waals surface area contributed by atoms with Gasteiger partial charge in [0.2, 0.25) is 0 Å². The molecule has 0 heterocycles. The molecule has 5 aliphatic rings. The summed E-state index contributed by atoms with van der Waals surface area (Å²) in [6.45, 7) is 9.41. The highest BCUT2D eigenvalue weighted by Crippen LogP contribution is 2.61. The van der Waals surface area contributed by atoms with Crippen molar-refractivity contribution in [3.8, 4) is 44.5 Å². The zero-order chi connectivity index (χ0) is 39.2. The van der Waals surface area contributed by atoms with Gasteiger partial charge in [-0.2, -0.15) is 0 Å². The van der Waals surface area contributed by atoms with Gasteiger partial charge in [-0.25, -0.2) is 0 Å². The summed E-state index contributed by atoms with van der Waals surface area (Å²) in [5, 5.41) is 0. The largest absolute Gasteiger partial charge is 0.310 e. The number of benzene rings is 7. The van der Waals surface area contributed by atoms with Gasteiger partial charge < -0.3 is 4.90 Å². The minimum absolute atomic E-state index is 0.148. The van der Waals surface area contributed by atoms with Gasteiger partial charge in [0, 0.05) is 16.8 Å². The summed E-state index contributed by atoms with van der Waals surface area (Å²) in [4.78, 5) is 2.51. The zero-order valence-electron chi connectivity index (χ0n) is 34.4. The molecule has 5 aliphatic carbocycles. The Hall–Kier alpha value is -5.66.